The Kier molecular flexibility index (Phi) is 11.0. The minimum Gasteiger partial charge on any atom is -0.454 e. The smallest absolute Gasteiger partial charge is 0.159 e. The van der Waals surface area contributed by atoms with Crippen molar-refractivity contribution in [3.05, 3.63) is 190 Å². The predicted molar refractivity (Wildman–Crippen MR) is 328 cm³/mol. The Morgan fingerprint density at radius 2 is 0.645 bits per heavy atom. The van der Waals surface area contributed by atoms with Crippen LogP contribution in [0.25, 0.3) is 76.2 Å². The molecular formula is C72H72N2O2. The molecule has 4 nitrogen and oxygen atoms in total. The van der Waals surface area contributed by atoms with Crippen molar-refractivity contribution in [1.82, 2.24) is 0 Å². The van der Waals surface area contributed by atoms with Crippen molar-refractivity contribution in [3.8, 4) is 0 Å². The molecule has 76 heavy (non-hydrogen) atoms. The van der Waals surface area contributed by atoms with Crippen LogP contribution in [0, 0.1) is 27.7 Å². The monoisotopic (exact) mass is 997 g/mol. The number of hydrogen-bond acceptors (Lipinski definition) is 4. The van der Waals surface area contributed by atoms with E-state index in [-0.39, 0.29) is 21.7 Å². The minimum absolute atomic E-state index is 0.0776. The molecule has 0 amide bonds. The summed E-state index contributed by atoms with van der Waals surface area (Å²) in [6, 6.07) is 55.2. The topological polar surface area (TPSA) is 32.8 Å². The number of rotatable bonds is 6. The summed E-state index contributed by atoms with van der Waals surface area (Å²) in [6.07, 6.45) is 0. The lowest BCUT2D eigenvalue weighted by molar-refractivity contribution is 0.572. The number of aryl methyl sites for hydroxylation is 4. The largest absolute Gasteiger partial charge is 0.454 e. The summed E-state index contributed by atoms with van der Waals surface area (Å²) in [7, 11) is 0. The molecule has 2 heterocycles. The summed E-state index contributed by atoms with van der Waals surface area (Å²) < 4.78 is 14.6. The second kappa shape index (κ2) is 17.0. The summed E-state index contributed by atoms with van der Waals surface area (Å²) in [5.41, 5.74) is 19.6. The van der Waals surface area contributed by atoms with Crippen LogP contribution in [0.3, 0.4) is 0 Å². The van der Waals surface area contributed by atoms with Crippen molar-refractivity contribution >= 4 is 110 Å². The lowest BCUT2D eigenvalue weighted by Crippen LogP contribution is -2.17. The van der Waals surface area contributed by atoms with Crippen molar-refractivity contribution in [2.45, 2.75) is 132 Å². The highest BCUT2D eigenvalue weighted by Crippen LogP contribution is 2.53. The molecule has 0 N–H and O–H groups in total. The lowest BCUT2D eigenvalue weighted by Gasteiger charge is -2.33. The molecular weight excluding hydrogens is 925 g/mol. The fraction of sp³-hybridized carbons (Fsp3) is 0.278. The fourth-order valence-electron chi connectivity index (χ4n) is 12.2. The summed E-state index contributed by atoms with van der Waals surface area (Å²) in [6.45, 7) is 36.5. The molecule has 10 aromatic carbocycles. The maximum Gasteiger partial charge on any atom is 0.159 e. The molecule has 0 aliphatic carbocycles. The highest BCUT2D eigenvalue weighted by atomic mass is 16.3. The van der Waals surface area contributed by atoms with E-state index in [9.17, 15) is 0 Å². The summed E-state index contributed by atoms with van der Waals surface area (Å²) in [4.78, 5) is 5.05. The van der Waals surface area contributed by atoms with Gasteiger partial charge in [-0.15, -0.1) is 0 Å². The Bertz CT molecular complexity index is 4040. The van der Waals surface area contributed by atoms with E-state index in [1.165, 1.54) is 65.7 Å². The van der Waals surface area contributed by atoms with Crippen molar-refractivity contribution in [3.63, 3.8) is 0 Å². The molecule has 0 fully saturated rings. The predicted octanol–water partition coefficient (Wildman–Crippen LogP) is 21.7. The molecule has 2 aromatic heterocycles. The van der Waals surface area contributed by atoms with Crippen LogP contribution < -0.4 is 9.80 Å². The zero-order valence-electron chi connectivity index (χ0n) is 47.6. The number of nitrogens with zero attached hydrogens (tertiary/aromatic N) is 2. The molecule has 0 spiro atoms. The first-order valence-corrected chi connectivity index (χ1v) is 27.3. The van der Waals surface area contributed by atoms with E-state index in [4.69, 9.17) is 8.83 Å². The van der Waals surface area contributed by atoms with Crippen LogP contribution in [0.2, 0.25) is 0 Å². The normalized spacial score (nSPS) is 13.0. The number of benzene rings is 10. The quantitative estimate of drug-likeness (QED) is 0.155. The number of para-hydroxylation sites is 2. The van der Waals surface area contributed by atoms with Crippen LogP contribution in [0.1, 0.15) is 128 Å². The number of hydrogen-bond donors (Lipinski definition) is 0. The Balaban J connectivity index is 1.18. The van der Waals surface area contributed by atoms with E-state index in [0.717, 1.165) is 89.1 Å². The number of fused-ring (bicyclic) bond motifs is 6. The van der Waals surface area contributed by atoms with Crippen LogP contribution in [0.4, 0.5) is 34.1 Å². The first-order valence-electron chi connectivity index (χ1n) is 27.3. The maximum absolute atomic E-state index is 7.30. The second-order valence-electron chi connectivity index (χ2n) is 26.0. The Morgan fingerprint density at radius 3 is 1.01 bits per heavy atom. The molecule has 12 aromatic rings. The van der Waals surface area contributed by atoms with Crippen molar-refractivity contribution in [2.24, 2.45) is 0 Å². The zero-order valence-corrected chi connectivity index (χ0v) is 47.6. The summed E-state index contributed by atoms with van der Waals surface area (Å²) >= 11 is 0. The van der Waals surface area contributed by atoms with Crippen LogP contribution in [-0.4, -0.2) is 0 Å². The first kappa shape index (κ1) is 49.3. The van der Waals surface area contributed by atoms with Gasteiger partial charge in [-0.3, -0.25) is 0 Å². The highest BCUT2D eigenvalue weighted by molar-refractivity contribution is 6.29. The summed E-state index contributed by atoms with van der Waals surface area (Å²) in [5, 5.41) is 11.8. The Labute approximate surface area is 449 Å². The van der Waals surface area contributed by atoms with Crippen molar-refractivity contribution in [2.75, 3.05) is 9.80 Å². The molecule has 0 aliphatic heterocycles. The number of furan rings is 2. The second-order valence-corrected chi connectivity index (χ2v) is 26.0. The third kappa shape index (κ3) is 7.68. The van der Waals surface area contributed by atoms with Crippen molar-refractivity contribution in [1.29, 1.82) is 0 Å². The van der Waals surface area contributed by atoms with Crippen molar-refractivity contribution < 1.29 is 8.83 Å². The molecule has 0 atom stereocenters. The molecule has 12 rings (SSSR count). The SMILES string of the molecule is Cc1ccc(C(C)(C)C)cc1N(c1ccc2ccc3c(N(c4cc(C(C)(C)C)ccc4C)c4c(C)ccc5c4oc4c(C(C)(C)C)cccc45)ccc4ccc1c2c43)c1c(C)ccc2c1oc1c(C(C)(C)C)cccc12. The summed E-state index contributed by atoms with van der Waals surface area (Å²) in [5.74, 6) is 0. The molecule has 0 unspecified atom stereocenters. The van der Waals surface area contributed by atoms with Gasteiger partial charge in [0.25, 0.3) is 0 Å². The van der Waals surface area contributed by atoms with Crippen LogP contribution >= 0.6 is 0 Å². The van der Waals surface area contributed by atoms with Gasteiger partial charge in [0, 0.05) is 54.8 Å². The maximum atomic E-state index is 7.30. The molecule has 0 saturated carbocycles. The zero-order chi connectivity index (χ0) is 53.7. The fourth-order valence-corrected chi connectivity index (χ4v) is 12.2. The number of anilines is 6. The van der Waals surface area contributed by atoms with Gasteiger partial charge in [-0.1, -0.05) is 204 Å². The van der Waals surface area contributed by atoms with Gasteiger partial charge in [0.15, 0.2) is 11.2 Å². The van der Waals surface area contributed by atoms with E-state index in [1.54, 1.807) is 0 Å². The van der Waals surface area contributed by atoms with Gasteiger partial charge in [-0.2, -0.15) is 0 Å². The van der Waals surface area contributed by atoms with Crippen LogP contribution in [0.5, 0.6) is 0 Å². The van der Waals surface area contributed by atoms with Gasteiger partial charge < -0.3 is 18.6 Å². The van der Waals surface area contributed by atoms with Gasteiger partial charge >= 0.3 is 0 Å². The van der Waals surface area contributed by atoms with Gasteiger partial charge in [-0.05, 0) is 129 Å². The highest BCUT2D eigenvalue weighted by Gasteiger charge is 2.31. The van der Waals surface area contributed by atoms with Crippen LogP contribution in [-0.2, 0) is 21.7 Å². The average Bonchev–Trinajstić information content (AvgIpc) is 4.00. The van der Waals surface area contributed by atoms with Gasteiger partial charge in [0.1, 0.15) is 11.2 Å². The van der Waals surface area contributed by atoms with E-state index < -0.39 is 0 Å². The Hall–Kier alpha value is -7.56. The molecule has 0 radical (unpaired) electrons. The lowest BCUT2D eigenvalue weighted by atomic mass is 9.85. The van der Waals surface area contributed by atoms with Crippen LogP contribution in [0.15, 0.2) is 154 Å². The third-order valence-electron chi connectivity index (χ3n) is 16.5. The van der Waals surface area contributed by atoms with Gasteiger partial charge in [0.05, 0.1) is 22.7 Å². The molecule has 382 valence electrons. The standard InChI is InChI=1S/C72H72N2O2/c1-41-23-31-47(69(5,6)7)39-59(41)73(63-43(3)25-33-51-49-19-17-21-55(71(11,12)13)65(49)75-67(51)63)57-37-29-45-28-36-54-58(38-30-46-27-35-53(57)61(45)62(46)54)74(60-40-48(70(8,9)10)32-24-42(60)2)64-44(4)26-34-52-50-20-18-22-56(72(14,15)16)66(50)76-68(52)64/h17-40H,1-16H3. The van der Waals surface area contributed by atoms with E-state index in [2.05, 4.69) is 266 Å². The first-order chi connectivity index (χ1) is 35.9. The van der Waals surface area contributed by atoms with E-state index in [0.29, 0.717) is 0 Å². The Morgan fingerprint density at radius 1 is 0.303 bits per heavy atom. The molecule has 0 aliphatic rings. The average molecular weight is 997 g/mol. The minimum atomic E-state index is -0.110. The van der Waals surface area contributed by atoms with Gasteiger partial charge in [-0.25, -0.2) is 0 Å². The molecule has 0 saturated heterocycles. The molecule has 4 heteroatoms. The van der Waals surface area contributed by atoms with Gasteiger partial charge in [0.2, 0.25) is 0 Å². The third-order valence-corrected chi connectivity index (χ3v) is 16.5. The van der Waals surface area contributed by atoms with E-state index in [1.807, 2.05) is 0 Å². The van der Waals surface area contributed by atoms with E-state index >= 15 is 0 Å². The molecule has 0 bridgehead atoms.